The Morgan fingerprint density at radius 2 is 2.04 bits per heavy atom. The lowest BCUT2D eigenvalue weighted by Gasteiger charge is -2.37. The van der Waals surface area contributed by atoms with Crippen molar-refractivity contribution in [3.8, 4) is 5.75 Å². The van der Waals surface area contributed by atoms with E-state index in [9.17, 15) is 9.18 Å². The number of benzene rings is 1. The second kappa shape index (κ2) is 8.15. The number of amides is 1. The van der Waals surface area contributed by atoms with Crippen LogP contribution in [0.3, 0.4) is 0 Å². The SMILES string of the molecule is COc1ccc(CN2CCN(C(=O)[C@@H]3CCC[C@@H](N)C3)CC2)cc1F. The first-order chi connectivity index (χ1) is 12.1. The van der Waals surface area contributed by atoms with Crippen LogP contribution in [-0.4, -0.2) is 55.0 Å². The lowest BCUT2D eigenvalue weighted by Crippen LogP contribution is -2.50. The van der Waals surface area contributed by atoms with Crippen LogP contribution in [0.4, 0.5) is 4.39 Å². The summed E-state index contributed by atoms with van der Waals surface area (Å²) in [6.07, 6.45) is 3.89. The van der Waals surface area contributed by atoms with Gasteiger partial charge in [-0.3, -0.25) is 9.69 Å². The molecule has 1 amide bonds. The Morgan fingerprint density at radius 3 is 2.68 bits per heavy atom. The first kappa shape index (κ1) is 18.1. The van der Waals surface area contributed by atoms with Gasteiger partial charge in [0.25, 0.3) is 0 Å². The first-order valence-corrected chi connectivity index (χ1v) is 9.16. The molecule has 2 aliphatic rings. The van der Waals surface area contributed by atoms with E-state index in [1.807, 2.05) is 11.0 Å². The van der Waals surface area contributed by atoms with E-state index in [-0.39, 0.29) is 29.4 Å². The van der Waals surface area contributed by atoms with Gasteiger partial charge in [0, 0.05) is 44.7 Å². The smallest absolute Gasteiger partial charge is 0.225 e. The van der Waals surface area contributed by atoms with Gasteiger partial charge in [-0.2, -0.15) is 0 Å². The molecule has 2 fully saturated rings. The van der Waals surface area contributed by atoms with Gasteiger partial charge in [-0.1, -0.05) is 12.5 Å². The molecule has 1 aliphatic heterocycles. The monoisotopic (exact) mass is 349 g/mol. The van der Waals surface area contributed by atoms with Crippen molar-refractivity contribution >= 4 is 5.91 Å². The van der Waals surface area contributed by atoms with Crippen LogP contribution in [-0.2, 0) is 11.3 Å². The lowest BCUT2D eigenvalue weighted by atomic mass is 9.85. The molecule has 2 atom stereocenters. The van der Waals surface area contributed by atoms with Crippen molar-refractivity contribution in [3.63, 3.8) is 0 Å². The fraction of sp³-hybridized carbons (Fsp3) is 0.632. The third-order valence-electron chi connectivity index (χ3n) is 5.37. The predicted octanol–water partition coefficient (Wildman–Crippen LogP) is 2.00. The van der Waals surface area contributed by atoms with E-state index in [4.69, 9.17) is 10.5 Å². The minimum absolute atomic E-state index is 0.103. The van der Waals surface area contributed by atoms with Crippen molar-refractivity contribution in [2.24, 2.45) is 11.7 Å². The number of hydrogen-bond donors (Lipinski definition) is 1. The van der Waals surface area contributed by atoms with Crippen molar-refractivity contribution in [1.29, 1.82) is 0 Å². The van der Waals surface area contributed by atoms with Gasteiger partial charge in [0.15, 0.2) is 11.6 Å². The number of nitrogens with zero attached hydrogens (tertiary/aromatic N) is 2. The summed E-state index contributed by atoms with van der Waals surface area (Å²) in [6, 6.07) is 5.26. The average Bonchev–Trinajstić information content (AvgIpc) is 2.62. The molecule has 0 unspecified atom stereocenters. The van der Waals surface area contributed by atoms with E-state index in [0.29, 0.717) is 6.54 Å². The van der Waals surface area contributed by atoms with Crippen molar-refractivity contribution in [1.82, 2.24) is 9.80 Å². The van der Waals surface area contributed by atoms with Gasteiger partial charge in [0.2, 0.25) is 5.91 Å². The molecule has 138 valence electrons. The molecule has 1 saturated carbocycles. The standard InChI is InChI=1S/C19H28FN3O2/c1-25-18-6-5-14(11-17(18)20)13-22-7-9-23(10-8-22)19(24)15-3-2-4-16(21)12-15/h5-6,11,15-16H,2-4,7-10,12-13,21H2,1H3/t15-,16-/m1/s1. The molecule has 1 aromatic rings. The maximum absolute atomic E-state index is 13.8. The molecule has 3 rings (SSSR count). The van der Waals surface area contributed by atoms with E-state index in [0.717, 1.165) is 57.4 Å². The summed E-state index contributed by atoms with van der Waals surface area (Å²) < 4.78 is 18.8. The molecule has 1 heterocycles. The molecule has 1 aliphatic carbocycles. The first-order valence-electron chi connectivity index (χ1n) is 9.16. The Kier molecular flexibility index (Phi) is 5.91. The van der Waals surface area contributed by atoms with E-state index in [1.165, 1.54) is 13.2 Å². The van der Waals surface area contributed by atoms with Crippen LogP contribution in [0, 0.1) is 11.7 Å². The second-order valence-electron chi connectivity index (χ2n) is 7.19. The van der Waals surface area contributed by atoms with Gasteiger partial charge >= 0.3 is 0 Å². The fourth-order valence-electron chi connectivity index (χ4n) is 3.90. The Morgan fingerprint density at radius 1 is 1.28 bits per heavy atom. The average molecular weight is 349 g/mol. The summed E-state index contributed by atoms with van der Waals surface area (Å²) in [5.74, 6) is 0.309. The molecule has 0 bridgehead atoms. The highest BCUT2D eigenvalue weighted by atomic mass is 19.1. The van der Waals surface area contributed by atoms with Crippen LogP contribution in [0.1, 0.15) is 31.2 Å². The molecule has 0 spiro atoms. The lowest BCUT2D eigenvalue weighted by molar-refractivity contribution is -0.138. The topological polar surface area (TPSA) is 58.8 Å². The van der Waals surface area contributed by atoms with Gasteiger partial charge in [0.1, 0.15) is 0 Å². The maximum Gasteiger partial charge on any atom is 0.225 e. The molecule has 25 heavy (non-hydrogen) atoms. The summed E-state index contributed by atoms with van der Waals surface area (Å²) in [4.78, 5) is 16.9. The Hall–Kier alpha value is -1.66. The van der Waals surface area contributed by atoms with Gasteiger partial charge in [0.05, 0.1) is 7.11 Å². The minimum atomic E-state index is -0.331. The van der Waals surface area contributed by atoms with Crippen LogP contribution >= 0.6 is 0 Å². The molecule has 0 aromatic heterocycles. The van der Waals surface area contributed by atoms with Gasteiger partial charge in [-0.05, 0) is 37.0 Å². The molecule has 6 heteroatoms. The Bertz CT molecular complexity index is 602. The molecule has 1 saturated heterocycles. The summed E-state index contributed by atoms with van der Waals surface area (Å²) in [5, 5.41) is 0. The number of carbonyl (C=O) groups is 1. The van der Waals surface area contributed by atoms with Crippen LogP contribution in [0.25, 0.3) is 0 Å². The van der Waals surface area contributed by atoms with Crippen LogP contribution in [0.15, 0.2) is 18.2 Å². The molecular formula is C19H28FN3O2. The summed E-state index contributed by atoms with van der Waals surface area (Å²) >= 11 is 0. The zero-order chi connectivity index (χ0) is 17.8. The highest BCUT2D eigenvalue weighted by molar-refractivity contribution is 5.79. The number of halogens is 1. The fourth-order valence-corrected chi connectivity index (χ4v) is 3.90. The highest BCUT2D eigenvalue weighted by Crippen LogP contribution is 2.25. The third kappa shape index (κ3) is 4.50. The van der Waals surface area contributed by atoms with Crippen molar-refractivity contribution in [2.75, 3.05) is 33.3 Å². The zero-order valence-corrected chi connectivity index (χ0v) is 14.9. The number of ether oxygens (including phenoxy) is 1. The Balaban J connectivity index is 1.50. The van der Waals surface area contributed by atoms with E-state index in [1.54, 1.807) is 6.07 Å². The van der Waals surface area contributed by atoms with Gasteiger partial charge in [-0.25, -0.2) is 4.39 Å². The molecule has 5 nitrogen and oxygen atoms in total. The van der Waals surface area contributed by atoms with Gasteiger partial charge in [-0.15, -0.1) is 0 Å². The van der Waals surface area contributed by atoms with E-state index >= 15 is 0 Å². The minimum Gasteiger partial charge on any atom is -0.494 e. The predicted molar refractivity (Wildman–Crippen MR) is 94.7 cm³/mol. The molecule has 1 aromatic carbocycles. The zero-order valence-electron chi connectivity index (χ0n) is 14.9. The van der Waals surface area contributed by atoms with Crippen molar-refractivity contribution in [3.05, 3.63) is 29.6 Å². The molecule has 2 N–H and O–H groups in total. The van der Waals surface area contributed by atoms with Crippen LogP contribution < -0.4 is 10.5 Å². The van der Waals surface area contributed by atoms with Crippen molar-refractivity contribution in [2.45, 2.75) is 38.3 Å². The molecule has 0 radical (unpaired) electrons. The quantitative estimate of drug-likeness (QED) is 0.903. The van der Waals surface area contributed by atoms with Crippen LogP contribution in [0.5, 0.6) is 5.75 Å². The summed E-state index contributed by atoms with van der Waals surface area (Å²) in [5.41, 5.74) is 6.94. The van der Waals surface area contributed by atoms with E-state index in [2.05, 4.69) is 4.90 Å². The van der Waals surface area contributed by atoms with Crippen LogP contribution in [0.2, 0.25) is 0 Å². The normalized spacial score (nSPS) is 25.0. The maximum atomic E-state index is 13.8. The van der Waals surface area contributed by atoms with Crippen molar-refractivity contribution < 1.29 is 13.9 Å². The summed E-state index contributed by atoms with van der Waals surface area (Å²) in [6.45, 7) is 3.81. The number of nitrogens with two attached hydrogens (primary N) is 1. The van der Waals surface area contributed by atoms with E-state index < -0.39 is 0 Å². The Labute approximate surface area is 148 Å². The highest BCUT2D eigenvalue weighted by Gasteiger charge is 2.30. The number of piperazine rings is 1. The third-order valence-corrected chi connectivity index (χ3v) is 5.37. The molecular weight excluding hydrogens is 321 g/mol. The number of hydrogen-bond acceptors (Lipinski definition) is 4. The number of carbonyl (C=O) groups excluding carboxylic acids is 1. The summed E-state index contributed by atoms with van der Waals surface area (Å²) in [7, 11) is 1.47. The second-order valence-corrected chi connectivity index (χ2v) is 7.19. The number of rotatable bonds is 4. The van der Waals surface area contributed by atoms with Gasteiger partial charge < -0.3 is 15.4 Å². The number of methoxy groups -OCH3 is 1. The largest absolute Gasteiger partial charge is 0.494 e.